The first kappa shape index (κ1) is 26.8. The zero-order valence-corrected chi connectivity index (χ0v) is 19.6. The van der Waals surface area contributed by atoms with Gasteiger partial charge in [0.2, 0.25) is 0 Å². The highest BCUT2D eigenvalue weighted by Gasteiger charge is 2.26. The van der Waals surface area contributed by atoms with Gasteiger partial charge in [-0.25, -0.2) is 0 Å². The summed E-state index contributed by atoms with van der Waals surface area (Å²) in [6.45, 7) is 2.25. The second kappa shape index (κ2) is 15.5. The van der Waals surface area contributed by atoms with E-state index in [0.717, 1.165) is 19.3 Å². The smallest absolute Gasteiger partial charge is 0.272 e. The lowest BCUT2D eigenvalue weighted by molar-refractivity contribution is 0.457. The summed E-state index contributed by atoms with van der Waals surface area (Å²) in [5, 5.41) is 8.42. The summed E-state index contributed by atoms with van der Waals surface area (Å²) in [7, 11) is -4.23. The van der Waals surface area contributed by atoms with Crippen LogP contribution >= 0.6 is 0 Å². The highest BCUT2D eigenvalue weighted by atomic mass is 32.2. The van der Waals surface area contributed by atoms with E-state index in [1.54, 1.807) is 0 Å². The van der Waals surface area contributed by atoms with Crippen molar-refractivity contribution in [3.63, 3.8) is 0 Å². The Morgan fingerprint density at radius 3 is 1.63 bits per heavy atom. The number of rotatable bonds is 18. The monoisotopic (exact) mass is 441 g/mol. The van der Waals surface area contributed by atoms with Crippen molar-refractivity contribution in [1.29, 1.82) is 0 Å². The Morgan fingerprint density at radius 2 is 1.23 bits per heavy atom. The van der Waals surface area contributed by atoms with Gasteiger partial charge in [-0.1, -0.05) is 109 Å². The molecular formula is C24H43NO4S. The Balaban J connectivity index is 2.10. The molecule has 1 rings (SSSR count). The third-order valence-electron chi connectivity index (χ3n) is 5.85. The molecule has 174 valence electrons. The summed E-state index contributed by atoms with van der Waals surface area (Å²) in [4.78, 5) is 0. The number of benzene rings is 1. The summed E-state index contributed by atoms with van der Waals surface area (Å²) in [5.74, 6) is -0.0164. The third-order valence-corrected chi connectivity index (χ3v) is 7.06. The maximum atomic E-state index is 11.8. The van der Waals surface area contributed by atoms with Crippen LogP contribution in [0.25, 0.3) is 0 Å². The number of hydrogen-bond acceptors (Lipinski definition) is 4. The molecule has 1 atom stereocenters. The van der Waals surface area contributed by atoms with Crippen molar-refractivity contribution in [2.75, 3.05) is 5.73 Å². The van der Waals surface area contributed by atoms with Gasteiger partial charge in [-0.3, -0.25) is 4.55 Å². The number of nitrogens with two attached hydrogens (primary N) is 1. The summed E-state index contributed by atoms with van der Waals surface area (Å²) in [6.07, 6.45) is 19.1. The molecule has 0 aliphatic heterocycles. The van der Waals surface area contributed by atoms with Crippen LogP contribution < -0.4 is 5.73 Å². The molecule has 0 bridgehead atoms. The van der Waals surface area contributed by atoms with E-state index in [1.165, 1.54) is 95.2 Å². The summed E-state index contributed by atoms with van der Waals surface area (Å²) in [5.41, 5.74) is 6.39. The Labute approximate surface area is 184 Å². The van der Waals surface area contributed by atoms with Gasteiger partial charge in [0, 0.05) is 11.8 Å². The summed E-state index contributed by atoms with van der Waals surface area (Å²) < 4.78 is 33.2. The molecule has 0 aliphatic rings. The number of hydrogen-bond donors (Lipinski definition) is 3. The van der Waals surface area contributed by atoms with Crippen molar-refractivity contribution in [3.8, 4) is 5.75 Å². The molecular weight excluding hydrogens is 398 g/mol. The van der Waals surface area contributed by atoms with Crippen molar-refractivity contribution < 1.29 is 18.1 Å². The lowest BCUT2D eigenvalue weighted by atomic mass is 10.0. The fourth-order valence-corrected chi connectivity index (χ4v) is 5.02. The van der Waals surface area contributed by atoms with Crippen LogP contribution in [0.3, 0.4) is 0 Å². The van der Waals surface area contributed by atoms with Crippen molar-refractivity contribution >= 4 is 15.8 Å². The van der Waals surface area contributed by atoms with Crippen LogP contribution in [0.4, 0.5) is 5.69 Å². The zero-order valence-electron chi connectivity index (χ0n) is 18.8. The molecule has 0 amide bonds. The van der Waals surface area contributed by atoms with Crippen molar-refractivity contribution in [3.05, 3.63) is 23.8 Å². The summed E-state index contributed by atoms with van der Waals surface area (Å²) in [6, 6.07) is 4.20. The molecule has 30 heavy (non-hydrogen) atoms. The number of phenols is 1. The minimum Gasteiger partial charge on any atom is -0.508 e. The normalized spacial score (nSPS) is 12.9. The average molecular weight is 442 g/mol. The zero-order chi connectivity index (χ0) is 22.2. The van der Waals surface area contributed by atoms with Crippen LogP contribution in [0.2, 0.25) is 0 Å². The van der Waals surface area contributed by atoms with Gasteiger partial charge in [-0.15, -0.1) is 0 Å². The Hall–Kier alpha value is -1.27. The van der Waals surface area contributed by atoms with Crippen LogP contribution in [0.1, 0.15) is 120 Å². The maximum Gasteiger partial charge on any atom is 0.272 e. The molecule has 4 N–H and O–H groups in total. The number of phenolic OH excluding ortho intramolecular Hbond substituents is 1. The number of aromatic hydroxyl groups is 1. The highest BCUT2D eigenvalue weighted by Crippen LogP contribution is 2.33. The molecule has 0 spiro atoms. The van der Waals surface area contributed by atoms with E-state index < -0.39 is 15.4 Å². The molecule has 0 heterocycles. The molecule has 0 aliphatic carbocycles. The van der Waals surface area contributed by atoms with Crippen molar-refractivity contribution in [2.24, 2.45) is 0 Å². The Morgan fingerprint density at radius 1 is 0.800 bits per heavy atom. The third kappa shape index (κ3) is 11.8. The molecule has 5 nitrogen and oxygen atoms in total. The predicted octanol–water partition coefficient (Wildman–Crippen LogP) is 7.16. The standard InChI is InChI=1S/C24H43NO4S/c1-2-3-4-5-6-7-8-9-10-11-12-13-14-15-16-17-24(30(27,28)29)22-19-18-21(26)20-23(22)25/h18-20,24,26H,2-17,25H2,1H3,(H,27,28,29). The molecule has 0 aromatic heterocycles. The van der Waals surface area contributed by atoms with Gasteiger partial charge in [-0.2, -0.15) is 8.42 Å². The topological polar surface area (TPSA) is 101 Å². The predicted molar refractivity (Wildman–Crippen MR) is 126 cm³/mol. The van der Waals surface area contributed by atoms with Crippen molar-refractivity contribution in [2.45, 2.75) is 115 Å². The van der Waals surface area contributed by atoms with Gasteiger partial charge in [0.15, 0.2) is 0 Å². The molecule has 0 radical (unpaired) electrons. The number of unbranched alkanes of at least 4 members (excludes halogenated alkanes) is 14. The first-order valence-corrected chi connectivity index (χ1v) is 13.4. The van der Waals surface area contributed by atoms with E-state index in [0.29, 0.717) is 12.0 Å². The van der Waals surface area contributed by atoms with E-state index in [1.807, 2.05) is 0 Å². The molecule has 0 saturated heterocycles. The van der Waals surface area contributed by atoms with Gasteiger partial charge in [0.25, 0.3) is 10.1 Å². The fourth-order valence-electron chi connectivity index (χ4n) is 4.02. The number of nitrogen functional groups attached to an aromatic ring is 1. The lowest BCUT2D eigenvalue weighted by Gasteiger charge is -2.16. The SMILES string of the molecule is CCCCCCCCCCCCCCCCCC(c1ccc(O)cc1N)S(=O)(=O)O. The first-order chi connectivity index (χ1) is 14.4. The van der Waals surface area contributed by atoms with E-state index in [4.69, 9.17) is 5.73 Å². The van der Waals surface area contributed by atoms with E-state index >= 15 is 0 Å². The summed E-state index contributed by atoms with van der Waals surface area (Å²) >= 11 is 0. The van der Waals surface area contributed by atoms with Crippen LogP contribution in [0, 0.1) is 0 Å². The fraction of sp³-hybridized carbons (Fsp3) is 0.750. The van der Waals surface area contributed by atoms with Crippen LogP contribution in [-0.2, 0) is 10.1 Å². The second-order valence-corrected chi connectivity index (χ2v) is 10.2. The molecule has 6 heteroatoms. The Bertz CT molecular complexity index is 676. The lowest BCUT2D eigenvalue weighted by Crippen LogP contribution is -2.14. The van der Waals surface area contributed by atoms with E-state index in [9.17, 15) is 18.1 Å². The van der Waals surface area contributed by atoms with Crippen molar-refractivity contribution in [1.82, 2.24) is 0 Å². The molecule has 0 saturated carbocycles. The van der Waals surface area contributed by atoms with Crippen LogP contribution in [0.15, 0.2) is 18.2 Å². The molecule has 1 unspecified atom stereocenters. The van der Waals surface area contributed by atoms with Gasteiger partial charge in [0.05, 0.1) is 0 Å². The Kier molecular flexibility index (Phi) is 13.8. The average Bonchev–Trinajstić information content (AvgIpc) is 2.68. The quantitative estimate of drug-likeness (QED) is 0.127. The molecule has 1 aromatic rings. The number of anilines is 1. The molecule has 1 aromatic carbocycles. The van der Waals surface area contributed by atoms with Crippen LogP contribution in [-0.4, -0.2) is 18.1 Å². The minimum atomic E-state index is -4.23. The molecule has 0 fully saturated rings. The van der Waals surface area contributed by atoms with Gasteiger partial charge in [-0.05, 0) is 18.1 Å². The van der Waals surface area contributed by atoms with Gasteiger partial charge in [0.1, 0.15) is 11.0 Å². The van der Waals surface area contributed by atoms with Gasteiger partial charge < -0.3 is 10.8 Å². The van der Waals surface area contributed by atoms with Gasteiger partial charge >= 0.3 is 0 Å². The second-order valence-electron chi connectivity index (χ2n) is 8.56. The minimum absolute atomic E-state index is 0.0164. The van der Waals surface area contributed by atoms with E-state index in [2.05, 4.69) is 6.92 Å². The highest BCUT2D eigenvalue weighted by molar-refractivity contribution is 7.86. The first-order valence-electron chi connectivity index (χ1n) is 11.9. The van der Waals surface area contributed by atoms with E-state index in [-0.39, 0.29) is 11.4 Å². The van der Waals surface area contributed by atoms with Crippen LogP contribution in [0.5, 0.6) is 5.75 Å². The maximum absolute atomic E-state index is 11.8. The largest absolute Gasteiger partial charge is 0.508 e.